The van der Waals surface area contributed by atoms with Crippen LogP contribution in [0.15, 0.2) is 0 Å². The highest BCUT2D eigenvalue weighted by atomic mass is 15.2. The van der Waals surface area contributed by atoms with E-state index in [1.165, 1.54) is 38.9 Å². The van der Waals surface area contributed by atoms with Gasteiger partial charge in [-0.1, -0.05) is 6.42 Å². The van der Waals surface area contributed by atoms with Gasteiger partial charge < -0.3 is 10.6 Å². The molecule has 0 aromatic carbocycles. The molecule has 2 fully saturated rings. The summed E-state index contributed by atoms with van der Waals surface area (Å²) in [7, 11) is 0. The summed E-state index contributed by atoms with van der Waals surface area (Å²) in [6.45, 7) is 9.50. The van der Waals surface area contributed by atoms with Crippen molar-refractivity contribution < 1.29 is 0 Å². The average molecular weight is 211 g/mol. The third kappa shape index (κ3) is 3.44. The first kappa shape index (κ1) is 11.4. The lowest BCUT2D eigenvalue weighted by Gasteiger charge is -2.33. The molecule has 15 heavy (non-hydrogen) atoms. The van der Waals surface area contributed by atoms with Crippen molar-refractivity contribution in [3.63, 3.8) is 0 Å². The fraction of sp³-hybridized carbons (Fsp3) is 1.00. The van der Waals surface area contributed by atoms with E-state index < -0.39 is 0 Å². The van der Waals surface area contributed by atoms with E-state index in [4.69, 9.17) is 0 Å². The highest BCUT2D eigenvalue weighted by Gasteiger charge is 2.19. The molecule has 0 amide bonds. The van der Waals surface area contributed by atoms with Gasteiger partial charge in [0, 0.05) is 38.8 Å². The number of hydrogen-bond donors (Lipinski definition) is 2. The number of rotatable bonds is 5. The lowest BCUT2D eigenvalue weighted by molar-refractivity contribution is 0.176. The van der Waals surface area contributed by atoms with Gasteiger partial charge in [0.25, 0.3) is 0 Å². The Morgan fingerprint density at radius 2 is 2.07 bits per heavy atom. The Hall–Kier alpha value is -0.120. The molecule has 2 rings (SSSR count). The van der Waals surface area contributed by atoms with E-state index in [1.54, 1.807) is 0 Å². The molecule has 1 atom stereocenters. The van der Waals surface area contributed by atoms with Gasteiger partial charge in [-0.25, -0.2) is 0 Å². The molecule has 2 N–H and O–H groups in total. The minimum atomic E-state index is 0.701. The third-order valence-electron chi connectivity index (χ3n) is 3.87. The lowest BCUT2D eigenvalue weighted by atomic mass is 9.85. The molecule has 1 unspecified atom stereocenters. The Bertz CT molecular complexity index is 174. The molecule has 1 saturated heterocycles. The molecule has 3 nitrogen and oxygen atoms in total. The molecule has 1 aliphatic carbocycles. The maximum Gasteiger partial charge on any atom is 0.0193 e. The van der Waals surface area contributed by atoms with Gasteiger partial charge in [0.05, 0.1) is 0 Å². The van der Waals surface area contributed by atoms with Gasteiger partial charge in [-0.2, -0.15) is 0 Å². The van der Waals surface area contributed by atoms with E-state index in [0.29, 0.717) is 6.04 Å². The topological polar surface area (TPSA) is 27.3 Å². The summed E-state index contributed by atoms with van der Waals surface area (Å²) in [5.74, 6) is 0.986. The molecule has 0 spiro atoms. The van der Waals surface area contributed by atoms with Crippen LogP contribution in [-0.2, 0) is 0 Å². The molecule has 88 valence electrons. The van der Waals surface area contributed by atoms with Crippen LogP contribution in [0, 0.1) is 5.92 Å². The van der Waals surface area contributed by atoms with Crippen LogP contribution in [0.2, 0.25) is 0 Å². The van der Waals surface area contributed by atoms with E-state index in [0.717, 1.165) is 25.6 Å². The van der Waals surface area contributed by atoms with Gasteiger partial charge in [0.15, 0.2) is 0 Å². The van der Waals surface area contributed by atoms with Crippen molar-refractivity contribution in [2.24, 2.45) is 5.92 Å². The van der Waals surface area contributed by atoms with Gasteiger partial charge in [-0.3, -0.25) is 4.90 Å². The molecule has 1 saturated carbocycles. The van der Waals surface area contributed by atoms with Crippen LogP contribution in [0.5, 0.6) is 0 Å². The molecular weight excluding hydrogens is 186 g/mol. The molecular formula is C12H25N3. The van der Waals surface area contributed by atoms with Gasteiger partial charge in [-0.15, -0.1) is 0 Å². The van der Waals surface area contributed by atoms with Crippen molar-refractivity contribution >= 4 is 0 Å². The molecule has 1 aliphatic heterocycles. The largest absolute Gasteiger partial charge is 0.315 e. The van der Waals surface area contributed by atoms with Gasteiger partial charge >= 0.3 is 0 Å². The number of piperazine rings is 1. The van der Waals surface area contributed by atoms with Crippen molar-refractivity contribution in [2.75, 3.05) is 39.3 Å². The Kier molecular flexibility index (Phi) is 4.42. The summed E-state index contributed by atoms with van der Waals surface area (Å²) >= 11 is 0. The zero-order chi connectivity index (χ0) is 10.5. The number of nitrogens with zero attached hydrogens (tertiary/aromatic N) is 1. The smallest absolute Gasteiger partial charge is 0.0193 e. The summed E-state index contributed by atoms with van der Waals surface area (Å²) in [6.07, 6.45) is 4.36. The minimum Gasteiger partial charge on any atom is -0.315 e. The number of nitrogens with one attached hydrogen (secondary N) is 2. The predicted octanol–water partition coefficient (Wildman–Crippen LogP) is 0.670. The molecule has 0 bridgehead atoms. The standard InChI is InChI=1S/C12H25N3/c1-11(15-7-5-13-6-8-15)9-14-10-12-3-2-4-12/h11-14H,2-10H2,1H3. The fourth-order valence-corrected chi connectivity index (χ4v) is 2.45. The van der Waals surface area contributed by atoms with Gasteiger partial charge in [0.1, 0.15) is 0 Å². The second-order valence-electron chi connectivity index (χ2n) is 5.09. The van der Waals surface area contributed by atoms with E-state index in [9.17, 15) is 0 Å². The Labute approximate surface area is 93.6 Å². The van der Waals surface area contributed by atoms with Crippen LogP contribution in [0.25, 0.3) is 0 Å². The summed E-state index contributed by atoms with van der Waals surface area (Å²) < 4.78 is 0. The molecule has 2 aliphatic rings. The lowest BCUT2D eigenvalue weighted by Crippen LogP contribution is -2.50. The van der Waals surface area contributed by atoms with E-state index in [2.05, 4.69) is 22.5 Å². The highest BCUT2D eigenvalue weighted by Crippen LogP contribution is 2.25. The number of hydrogen-bond acceptors (Lipinski definition) is 3. The minimum absolute atomic E-state index is 0.701. The summed E-state index contributed by atoms with van der Waals surface area (Å²) in [4.78, 5) is 2.59. The Balaban J connectivity index is 1.56. The first-order valence-corrected chi connectivity index (χ1v) is 6.52. The molecule has 0 aromatic heterocycles. The maximum absolute atomic E-state index is 3.62. The zero-order valence-electron chi connectivity index (χ0n) is 9.97. The van der Waals surface area contributed by atoms with Crippen LogP contribution in [0.1, 0.15) is 26.2 Å². The third-order valence-corrected chi connectivity index (χ3v) is 3.87. The maximum atomic E-state index is 3.62. The summed E-state index contributed by atoms with van der Waals surface area (Å²) in [5, 5.41) is 7.02. The van der Waals surface area contributed by atoms with Crippen LogP contribution < -0.4 is 10.6 Å². The van der Waals surface area contributed by atoms with Crippen LogP contribution >= 0.6 is 0 Å². The Morgan fingerprint density at radius 3 is 2.67 bits per heavy atom. The molecule has 3 heteroatoms. The normalized spacial score (nSPS) is 26.2. The molecule has 0 radical (unpaired) electrons. The summed E-state index contributed by atoms with van der Waals surface area (Å²) in [6, 6.07) is 0.701. The zero-order valence-corrected chi connectivity index (χ0v) is 9.97. The van der Waals surface area contributed by atoms with Gasteiger partial charge in [0.2, 0.25) is 0 Å². The quantitative estimate of drug-likeness (QED) is 0.700. The Morgan fingerprint density at radius 1 is 1.33 bits per heavy atom. The van der Waals surface area contributed by atoms with Crippen molar-refractivity contribution in [3.05, 3.63) is 0 Å². The van der Waals surface area contributed by atoms with Crippen molar-refractivity contribution in [3.8, 4) is 0 Å². The highest BCUT2D eigenvalue weighted by molar-refractivity contribution is 4.77. The second kappa shape index (κ2) is 5.83. The first-order valence-electron chi connectivity index (χ1n) is 6.52. The first-order chi connectivity index (χ1) is 7.36. The van der Waals surface area contributed by atoms with E-state index in [1.807, 2.05) is 0 Å². The second-order valence-corrected chi connectivity index (χ2v) is 5.09. The predicted molar refractivity (Wildman–Crippen MR) is 64.1 cm³/mol. The average Bonchev–Trinajstić information content (AvgIpc) is 2.23. The van der Waals surface area contributed by atoms with Crippen LogP contribution in [0.3, 0.4) is 0 Å². The van der Waals surface area contributed by atoms with Crippen molar-refractivity contribution in [2.45, 2.75) is 32.2 Å². The SMILES string of the molecule is CC(CNCC1CCC1)N1CCNCC1. The van der Waals surface area contributed by atoms with E-state index in [-0.39, 0.29) is 0 Å². The van der Waals surface area contributed by atoms with Gasteiger partial charge in [-0.05, 0) is 32.2 Å². The molecule has 0 aromatic rings. The monoisotopic (exact) mass is 211 g/mol. The van der Waals surface area contributed by atoms with Crippen LogP contribution in [0.4, 0.5) is 0 Å². The fourth-order valence-electron chi connectivity index (χ4n) is 2.45. The van der Waals surface area contributed by atoms with E-state index >= 15 is 0 Å². The van der Waals surface area contributed by atoms with Crippen molar-refractivity contribution in [1.82, 2.24) is 15.5 Å². The van der Waals surface area contributed by atoms with Crippen LogP contribution in [-0.4, -0.2) is 50.2 Å². The summed E-state index contributed by atoms with van der Waals surface area (Å²) in [5.41, 5.74) is 0. The molecule has 1 heterocycles. The van der Waals surface area contributed by atoms with Crippen molar-refractivity contribution in [1.29, 1.82) is 0 Å².